The first-order valence-electron chi connectivity index (χ1n) is 5.05. The number of hydrogen-bond donors (Lipinski definition) is 4. The van der Waals surface area contributed by atoms with Gasteiger partial charge in [-0.05, 0) is 13.8 Å². The van der Waals surface area contributed by atoms with Gasteiger partial charge in [-0.15, -0.1) is 0 Å². The number of amides is 1. The molecule has 19 heavy (non-hydrogen) atoms. The molecule has 11 heteroatoms. The topological polar surface area (TPSA) is 139 Å². The molecule has 0 atom stereocenters. The molecule has 0 spiro atoms. The number of H-pyrrole nitrogens is 1. The van der Waals surface area contributed by atoms with E-state index in [1.807, 2.05) is 4.72 Å². The molecule has 0 saturated carbocycles. The van der Waals surface area contributed by atoms with Gasteiger partial charge in [0.1, 0.15) is 10.8 Å². The minimum Gasteiger partial charge on any atom is -0.446 e. The molecule has 1 rings (SSSR count). The van der Waals surface area contributed by atoms with E-state index in [-0.39, 0.29) is 16.4 Å². The van der Waals surface area contributed by atoms with Gasteiger partial charge >= 0.3 is 16.3 Å². The van der Waals surface area contributed by atoms with E-state index in [2.05, 4.69) is 14.9 Å². The van der Waals surface area contributed by atoms with E-state index in [0.29, 0.717) is 0 Å². The summed E-state index contributed by atoms with van der Waals surface area (Å²) in [5, 5.41) is 5.95. The quantitative estimate of drug-likeness (QED) is 0.554. The second-order valence-corrected chi connectivity index (χ2v) is 5.54. The maximum atomic E-state index is 11.6. The summed E-state index contributed by atoms with van der Waals surface area (Å²) in [4.78, 5) is 11.1. The van der Waals surface area contributed by atoms with Crippen LogP contribution < -0.4 is 15.2 Å². The van der Waals surface area contributed by atoms with Crippen molar-refractivity contribution in [1.29, 1.82) is 0 Å². The summed E-state index contributed by atoms with van der Waals surface area (Å²) in [5.41, 5.74) is 5.58. The smallest absolute Gasteiger partial charge is 0.422 e. The zero-order valence-electron chi connectivity index (χ0n) is 10.1. The van der Waals surface area contributed by atoms with Crippen LogP contribution in [0.1, 0.15) is 19.4 Å². The highest BCUT2D eigenvalue weighted by Gasteiger charge is 2.19. The number of aromatic amines is 1. The molecule has 9 nitrogen and oxygen atoms in total. The number of carbonyl (C=O) groups is 1. The first-order valence-corrected chi connectivity index (χ1v) is 6.94. The number of anilines is 1. The second-order valence-electron chi connectivity index (χ2n) is 3.68. The van der Waals surface area contributed by atoms with Gasteiger partial charge in [-0.1, -0.05) is 12.2 Å². The average Bonchev–Trinajstić information content (AvgIpc) is 2.61. The normalized spacial score (nSPS) is 11.1. The summed E-state index contributed by atoms with van der Waals surface area (Å²) >= 11 is 4.71. The molecule has 0 unspecified atom stereocenters. The van der Waals surface area contributed by atoms with Crippen molar-refractivity contribution in [1.82, 2.24) is 14.9 Å². The molecule has 0 aliphatic rings. The van der Waals surface area contributed by atoms with Crippen LogP contribution in [0.4, 0.5) is 10.6 Å². The van der Waals surface area contributed by atoms with Crippen molar-refractivity contribution in [2.45, 2.75) is 20.0 Å². The number of carbonyl (C=O) groups excluding carboxylic acids is 1. The van der Waals surface area contributed by atoms with Crippen molar-refractivity contribution >= 4 is 39.3 Å². The van der Waals surface area contributed by atoms with Gasteiger partial charge in [0, 0.05) is 0 Å². The van der Waals surface area contributed by atoms with Crippen LogP contribution in [0.25, 0.3) is 0 Å². The third-order valence-corrected chi connectivity index (χ3v) is 2.83. The zero-order chi connectivity index (χ0) is 14.6. The number of ether oxygens (including phenoxy) is 1. The maximum absolute atomic E-state index is 11.6. The van der Waals surface area contributed by atoms with Gasteiger partial charge in [-0.2, -0.15) is 13.5 Å². The number of rotatable bonds is 5. The van der Waals surface area contributed by atoms with Crippen LogP contribution >= 0.6 is 12.2 Å². The molecule has 0 saturated heterocycles. The standard InChI is InChI=1S/C8H13N5O4S2/c1-4(2)17-8(14)13-19(15,16)12-7-5(6(9)18)3-10-11-7/h3-4H,1-2H3,(H2,9,18)(H,13,14)(H2,10,11,12). The van der Waals surface area contributed by atoms with Crippen LogP contribution in [0, 0.1) is 0 Å². The molecule has 106 valence electrons. The first-order chi connectivity index (χ1) is 8.71. The van der Waals surface area contributed by atoms with Crippen molar-refractivity contribution in [3.05, 3.63) is 11.8 Å². The molecule has 0 aliphatic heterocycles. The monoisotopic (exact) mass is 307 g/mol. The van der Waals surface area contributed by atoms with Crippen LogP contribution in [-0.4, -0.2) is 35.8 Å². The van der Waals surface area contributed by atoms with E-state index in [1.165, 1.54) is 6.20 Å². The van der Waals surface area contributed by atoms with Gasteiger partial charge in [-0.25, -0.2) is 14.2 Å². The van der Waals surface area contributed by atoms with Gasteiger partial charge < -0.3 is 10.5 Å². The molecule has 1 aromatic rings. The first kappa shape index (κ1) is 15.2. The molecule has 5 N–H and O–H groups in total. The molecule has 0 aliphatic carbocycles. The van der Waals surface area contributed by atoms with Crippen molar-refractivity contribution in [3.63, 3.8) is 0 Å². The summed E-state index contributed by atoms with van der Waals surface area (Å²) < 4.78 is 31.5. The van der Waals surface area contributed by atoms with Gasteiger partial charge in [0.2, 0.25) is 0 Å². The highest BCUT2D eigenvalue weighted by molar-refractivity contribution is 7.91. The molecule has 1 heterocycles. The van der Waals surface area contributed by atoms with Crippen LogP contribution in [0.3, 0.4) is 0 Å². The summed E-state index contributed by atoms with van der Waals surface area (Å²) in [6, 6.07) is 0. The lowest BCUT2D eigenvalue weighted by Gasteiger charge is -2.11. The van der Waals surface area contributed by atoms with Gasteiger partial charge in [0.25, 0.3) is 0 Å². The summed E-state index contributed by atoms with van der Waals surface area (Å²) in [6.07, 6.45) is -0.291. The number of hydrogen-bond acceptors (Lipinski definition) is 6. The largest absolute Gasteiger partial charge is 0.446 e. The summed E-state index contributed by atoms with van der Waals surface area (Å²) in [6.45, 7) is 3.17. The molecular weight excluding hydrogens is 294 g/mol. The van der Waals surface area contributed by atoms with Gasteiger partial charge in [0.15, 0.2) is 0 Å². The Morgan fingerprint density at radius 3 is 2.74 bits per heavy atom. The van der Waals surface area contributed by atoms with E-state index in [9.17, 15) is 13.2 Å². The Kier molecular flexibility index (Phi) is 4.67. The lowest BCUT2D eigenvalue weighted by Crippen LogP contribution is -2.37. The highest BCUT2D eigenvalue weighted by atomic mass is 32.2. The zero-order valence-corrected chi connectivity index (χ0v) is 11.8. The SMILES string of the molecule is CC(C)OC(=O)NS(=O)(=O)Nc1[nH]ncc1C(N)=S. The number of aromatic nitrogens is 2. The number of thiocarbonyl (C=S) groups is 1. The van der Waals surface area contributed by atoms with Crippen molar-refractivity contribution in [2.24, 2.45) is 5.73 Å². The van der Waals surface area contributed by atoms with Crippen LogP contribution in [0.5, 0.6) is 0 Å². The Morgan fingerprint density at radius 2 is 2.21 bits per heavy atom. The van der Waals surface area contributed by atoms with E-state index in [0.717, 1.165) is 0 Å². The average molecular weight is 307 g/mol. The molecule has 0 aromatic carbocycles. The summed E-state index contributed by atoms with van der Waals surface area (Å²) in [7, 11) is -4.17. The predicted octanol–water partition coefficient (Wildman–Crippen LogP) is -0.165. The molecule has 0 fully saturated rings. The van der Waals surface area contributed by atoms with Gasteiger partial charge in [-0.3, -0.25) is 5.10 Å². The Balaban J connectivity index is 2.77. The maximum Gasteiger partial charge on any atom is 0.422 e. The Morgan fingerprint density at radius 1 is 1.58 bits per heavy atom. The Labute approximate surface area is 115 Å². The predicted molar refractivity (Wildman–Crippen MR) is 71.8 cm³/mol. The van der Waals surface area contributed by atoms with E-state index < -0.39 is 22.4 Å². The van der Waals surface area contributed by atoms with Crippen LogP contribution in [0.15, 0.2) is 6.20 Å². The molecule has 0 bridgehead atoms. The second kappa shape index (κ2) is 5.84. The van der Waals surface area contributed by atoms with Crippen molar-refractivity contribution in [2.75, 3.05) is 4.72 Å². The van der Waals surface area contributed by atoms with E-state index in [4.69, 9.17) is 18.0 Å². The minimum absolute atomic E-state index is 0.0441. The third-order valence-electron chi connectivity index (χ3n) is 1.70. The fourth-order valence-corrected chi connectivity index (χ4v) is 1.96. The van der Waals surface area contributed by atoms with Crippen molar-refractivity contribution in [3.8, 4) is 0 Å². The Hall–Kier alpha value is -1.88. The lowest BCUT2D eigenvalue weighted by molar-refractivity contribution is 0.121. The number of nitrogens with one attached hydrogen (secondary N) is 3. The van der Waals surface area contributed by atoms with E-state index in [1.54, 1.807) is 18.6 Å². The number of nitrogens with two attached hydrogens (primary N) is 1. The summed E-state index contributed by atoms with van der Waals surface area (Å²) in [5.74, 6) is -0.0441. The molecule has 0 radical (unpaired) electrons. The molecule has 1 amide bonds. The Bertz CT molecular complexity index is 580. The van der Waals surface area contributed by atoms with Gasteiger partial charge in [0.05, 0.1) is 17.9 Å². The fraction of sp³-hybridized carbons (Fsp3) is 0.375. The van der Waals surface area contributed by atoms with E-state index >= 15 is 0 Å². The minimum atomic E-state index is -4.17. The van der Waals surface area contributed by atoms with Crippen molar-refractivity contribution < 1.29 is 17.9 Å². The fourth-order valence-electron chi connectivity index (χ4n) is 1.06. The molecule has 1 aromatic heterocycles. The van der Waals surface area contributed by atoms with Crippen LogP contribution in [-0.2, 0) is 14.9 Å². The highest BCUT2D eigenvalue weighted by Crippen LogP contribution is 2.11. The third kappa shape index (κ3) is 4.71. The van der Waals surface area contributed by atoms with Crippen LogP contribution in [0.2, 0.25) is 0 Å². The lowest BCUT2D eigenvalue weighted by atomic mass is 10.3. The number of nitrogens with zero attached hydrogens (tertiary/aromatic N) is 1. The molecular formula is C8H13N5O4S2.